The Morgan fingerprint density at radius 1 is 1.11 bits per heavy atom. The first kappa shape index (κ1) is 16.3. The van der Waals surface area contributed by atoms with Crippen LogP contribution in [-0.4, -0.2) is 13.1 Å². The van der Waals surface area contributed by atoms with Gasteiger partial charge in [0.1, 0.15) is 0 Å². The van der Waals surface area contributed by atoms with Gasteiger partial charge in [-0.15, -0.1) is 12.4 Å². The van der Waals surface area contributed by atoms with Crippen molar-refractivity contribution in [2.75, 3.05) is 18.0 Å². The van der Waals surface area contributed by atoms with Crippen LogP contribution < -0.4 is 10.6 Å². The van der Waals surface area contributed by atoms with E-state index in [1.807, 2.05) is 0 Å². The van der Waals surface area contributed by atoms with Gasteiger partial charge in [-0.2, -0.15) is 0 Å². The Hall–Kier alpha value is -0.730. The molecule has 0 radical (unpaired) electrons. The third-order valence-electron chi connectivity index (χ3n) is 3.91. The van der Waals surface area contributed by atoms with Gasteiger partial charge < -0.3 is 10.6 Å². The average Bonchev–Trinajstić information content (AvgIpc) is 2.93. The number of anilines is 1. The fraction of sp³-hybridized carbons (Fsp3) is 0.625. The van der Waals surface area contributed by atoms with Crippen LogP contribution in [-0.2, 0) is 0 Å². The second-order valence-corrected chi connectivity index (χ2v) is 5.39. The quantitative estimate of drug-likeness (QED) is 0.789. The maximum absolute atomic E-state index is 6.23. The highest BCUT2D eigenvalue weighted by molar-refractivity contribution is 5.85. The Morgan fingerprint density at radius 2 is 1.74 bits per heavy atom. The Balaban J connectivity index is 0.00000180. The minimum absolute atomic E-state index is 0. The molecule has 1 aromatic rings. The molecule has 1 aromatic carbocycles. The van der Waals surface area contributed by atoms with Crippen molar-refractivity contribution in [1.29, 1.82) is 0 Å². The first-order valence-electron chi connectivity index (χ1n) is 7.41. The Kier molecular flexibility index (Phi) is 7.25. The average molecular weight is 283 g/mol. The summed E-state index contributed by atoms with van der Waals surface area (Å²) in [6.45, 7) is 4.65. The molecule has 0 unspecified atom stereocenters. The van der Waals surface area contributed by atoms with Crippen molar-refractivity contribution < 1.29 is 0 Å². The lowest BCUT2D eigenvalue weighted by atomic mass is 10.0. The lowest BCUT2D eigenvalue weighted by Gasteiger charge is -2.19. The topological polar surface area (TPSA) is 29.3 Å². The molecule has 1 aliphatic heterocycles. The number of nitrogens with two attached hydrogens (primary N) is 1. The molecule has 0 saturated carbocycles. The smallest absolute Gasteiger partial charge is 0.0366 e. The molecule has 0 aromatic heterocycles. The molecule has 2 nitrogen and oxygen atoms in total. The molecule has 0 spiro atoms. The highest BCUT2D eigenvalue weighted by atomic mass is 35.5. The van der Waals surface area contributed by atoms with Crippen molar-refractivity contribution in [1.82, 2.24) is 0 Å². The van der Waals surface area contributed by atoms with Crippen molar-refractivity contribution in [3.05, 3.63) is 29.8 Å². The van der Waals surface area contributed by atoms with Crippen molar-refractivity contribution in [3.63, 3.8) is 0 Å². The van der Waals surface area contributed by atoms with Crippen LogP contribution in [0.2, 0.25) is 0 Å². The molecular formula is C16H27ClN2. The van der Waals surface area contributed by atoms with E-state index >= 15 is 0 Å². The van der Waals surface area contributed by atoms with E-state index in [2.05, 4.69) is 36.1 Å². The summed E-state index contributed by atoms with van der Waals surface area (Å²) in [7, 11) is 0. The number of hydrogen-bond donors (Lipinski definition) is 1. The minimum Gasteiger partial charge on any atom is -0.372 e. The normalized spacial score (nSPS) is 16.2. The van der Waals surface area contributed by atoms with E-state index < -0.39 is 0 Å². The number of unbranched alkanes of at least 4 members (excludes halogenated alkanes) is 2. The number of halogens is 1. The summed E-state index contributed by atoms with van der Waals surface area (Å²) in [5.41, 5.74) is 8.87. The van der Waals surface area contributed by atoms with Crippen LogP contribution in [0.25, 0.3) is 0 Å². The van der Waals surface area contributed by atoms with E-state index in [9.17, 15) is 0 Å². The largest absolute Gasteiger partial charge is 0.372 e. The second-order valence-electron chi connectivity index (χ2n) is 5.39. The highest BCUT2D eigenvalue weighted by Gasteiger charge is 2.12. The molecule has 0 bridgehead atoms. The highest BCUT2D eigenvalue weighted by Crippen LogP contribution is 2.23. The zero-order valence-corrected chi connectivity index (χ0v) is 12.8. The number of rotatable bonds is 6. The van der Waals surface area contributed by atoms with Crippen LogP contribution in [0.4, 0.5) is 5.69 Å². The van der Waals surface area contributed by atoms with Crippen molar-refractivity contribution in [2.45, 2.75) is 51.5 Å². The zero-order valence-electron chi connectivity index (χ0n) is 12.0. The van der Waals surface area contributed by atoms with Gasteiger partial charge >= 0.3 is 0 Å². The van der Waals surface area contributed by atoms with Gasteiger partial charge in [-0.3, -0.25) is 0 Å². The van der Waals surface area contributed by atoms with Crippen molar-refractivity contribution in [2.24, 2.45) is 5.73 Å². The van der Waals surface area contributed by atoms with E-state index in [0.717, 1.165) is 6.42 Å². The van der Waals surface area contributed by atoms with Gasteiger partial charge in [-0.25, -0.2) is 0 Å². The standard InChI is InChI=1S/C16H26N2.ClH/c1-2-3-4-7-16(17)14-8-10-15(11-9-14)18-12-5-6-13-18;/h8-11,16H,2-7,12-13,17H2,1H3;1H/t16-;/m1./s1. The van der Waals surface area contributed by atoms with Crippen molar-refractivity contribution >= 4 is 18.1 Å². The van der Waals surface area contributed by atoms with Crippen molar-refractivity contribution in [3.8, 4) is 0 Å². The van der Waals surface area contributed by atoms with Crippen LogP contribution in [0, 0.1) is 0 Å². The van der Waals surface area contributed by atoms with Crippen LogP contribution in [0.1, 0.15) is 57.1 Å². The summed E-state index contributed by atoms with van der Waals surface area (Å²) in [5.74, 6) is 0. The lowest BCUT2D eigenvalue weighted by molar-refractivity contribution is 0.581. The Morgan fingerprint density at radius 3 is 2.32 bits per heavy atom. The summed E-state index contributed by atoms with van der Waals surface area (Å²) >= 11 is 0. The molecule has 0 aliphatic carbocycles. The summed E-state index contributed by atoms with van der Waals surface area (Å²) < 4.78 is 0. The summed E-state index contributed by atoms with van der Waals surface area (Å²) in [6, 6.07) is 9.11. The predicted molar refractivity (Wildman–Crippen MR) is 86.2 cm³/mol. The third kappa shape index (κ3) is 4.70. The maximum Gasteiger partial charge on any atom is 0.0366 e. The first-order chi connectivity index (χ1) is 8.81. The van der Waals surface area contributed by atoms with Crippen LogP contribution in [0.5, 0.6) is 0 Å². The monoisotopic (exact) mass is 282 g/mol. The van der Waals surface area contributed by atoms with E-state index in [1.165, 1.54) is 56.4 Å². The molecule has 1 fully saturated rings. The molecule has 1 heterocycles. The van der Waals surface area contributed by atoms with E-state index in [0.29, 0.717) is 0 Å². The van der Waals surface area contributed by atoms with Gasteiger partial charge in [-0.1, -0.05) is 38.3 Å². The Bertz CT molecular complexity index is 344. The Labute approximate surface area is 123 Å². The molecule has 19 heavy (non-hydrogen) atoms. The molecule has 1 saturated heterocycles. The molecule has 2 N–H and O–H groups in total. The number of benzene rings is 1. The van der Waals surface area contributed by atoms with Gasteiger partial charge in [0.25, 0.3) is 0 Å². The van der Waals surface area contributed by atoms with Gasteiger partial charge in [0.15, 0.2) is 0 Å². The molecule has 0 amide bonds. The predicted octanol–water partition coefficient (Wildman–Crippen LogP) is 4.29. The third-order valence-corrected chi connectivity index (χ3v) is 3.91. The van der Waals surface area contributed by atoms with Crippen LogP contribution in [0.15, 0.2) is 24.3 Å². The van der Waals surface area contributed by atoms with E-state index in [-0.39, 0.29) is 18.4 Å². The number of hydrogen-bond acceptors (Lipinski definition) is 2. The zero-order chi connectivity index (χ0) is 12.8. The maximum atomic E-state index is 6.23. The van der Waals surface area contributed by atoms with Crippen LogP contribution in [0.3, 0.4) is 0 Å². The lowest BCUT2D eigenvalue weighted by Crippen LogP contribution is -2.17. The molecule has 2 rings (SSSR count). The summed E-state index contributed by atoms with van der Waals surface area (Å²) in [5, 5.41) is 0. The van der Waals surface area contributed by atoms with Gasteiger partial charge in [0.2, 0.25) is 0 Å². The summed E-state index contributed by atoms with van der Waals surface area (Å²) in [4.78, 5) is 2.46. The van der Waals surface area contributed by atoms with E-state index in [4.69, 9.17) is 5.73 Å². The molecule has 3 heteroatoms. The van der Waals surface area contributed by atoms with Gasteiger partial charge in [0.05, 0.1) is 0 Å². The van der Waals surface area contributed by atoms with E-state index in [1.54, 1.807) is 0 Å². The van der Waals surface area contributed by atoms with Gasteiger partial charge in [-0.05, 0) is 37.0 Å². The minimum atomic E-state index is 0. The SMILES string of the molecule is CCCCC[C@@H](N)c1ccc(N2CCCC2)cc1.Cl. The van der Waals surface area contributed by atoms with Gasteiger partial charge in [0, 0.05) is 24.8 Å². The fourth-order valence-electron chi connectivity index (χ4n) is 2.69. The number of nitrogens with zero attached hydrogens (tertiary/aromatic N) is 1. The second kappa shape index (κ2) is 8.44. The first-order valence-corrected chi connectivity index (χ1v) is 7.41. The van der Waals surface area contributed by atoms with Crippen LogP contribution >= 0.6 is 12.4 Å². The molecular weight excluding hydrogens is 256 g/mol. The summed E-state index contributed by atoms with van der Waals surface area (Å²) in [6.07, 6.45) is 7.57. The molecule has 1 aliphatic rings. The molecule has 108 valence electrons. The fourth-order valence-corrected chi connectivity index (χ4v) is 2.69. The molecule has 1 atom stereocenters.